The topological polar surface area (TPSA) is 55.9 Å². The second-order valence-electron chi connectivity index (χ2n) is 3.40. The van der Waals surface area contributed by atoms with E-state index in [1.54, 1.807) is 10.7 Å². The van der Waals surface area contributed by atoms with Gasteiger partial charge in [-0.1, -0.05) is 0 Å². The number of rotatable bonds is 5. The lowest BCUT2D eigenvalue weighted by atomic mass is 10.1. The summed E-state index contributed by atoms with van der Waals surface area (Å²) >= 11 is 0. The third kappa shape index (κ3) is 2.97. The quantitative estimate of drug-likeness (QED) is 0.569. The Kier molecular flexibility index (Phi) is 4.16. The van der Waals surface area contributed by atoms with Crippen LogP contribution in [0.15, 0.2) is 6.07 Å². The van der Waals surface area contributed by atoms with Crippen molar-refractivity contribution in [2.45, 2.75) is 39.3 Å². The van der Waals surface area contributed by atoms with Gasteiger partial charge in [-0.3, -0.25) is 16.0 Å². The number of nitrogens with one attached hydrogen (secondary N) is 1. The number of aromatic nitrogens is 2. The molecule has 0 aliphatic heterocycles. The van der Waals surface area contributed by atoms with E-state index in [2.05, 4.69) is 10.5 Å². The first-order valence-corrected chi connectivity index (χ1v) is 4.86. The first-order valence-electron chi connectivity index (χ1n) is 4.86. The standard InChI is InChI=1S/C9H16F2N4/c1-3-15-7(4-6(2)14-15)5-8(13-12)9(10)11/h4,8-9,13H,3,5,12H2,1-2H3. The highest BCUT2D eigenvalue weighted by molar-refractivity contribution is 5.10. The Hall–Kier alpha value is -1.01. The highest BCUT2D eigenvalue weighted by atomic mass is 19.3. The van der Waals surface area contributed by atoms with Crippen LogP contribution in [0.5, 0.6) is 0 Å². The molecule has 0 amide bonds. The molecule has 0 saturated carbocycles. The highest BCUT2D eigenvalue weighted by Gasteiger charge is 2.20. The predicted octanol–water partition coefficient (Wildman–Crippen LogP) is 0.851. The molecule has 0 fully saturated rings. The van der Waals surface area contributed by atoms with E-state index in [4.69, 9.17) is 5.84 Å². The molecule has 0 aromatic carbocycles. The van der Waals surface area contributed by atoms with Crippen LogP contribution in [-0.2, 0) is 13.0 Å². The van der Waals surface area contributed by atoms with Gasteiger partial charge >= 0.3 is 0 Å². The average molecular weight is 218 g/mol. The number of halogens is 2. The minimum atomic E-state index is -2.48. The Morgan fingerprint density at radius 3 is 2.73 bits per heavy atom. The first-order chi connectivity index (χ1) is 7.08. The summed E-state index contributed by atoms with van der Waals surface area (Å²) in [5.41, 5.74) is 3.73. The summed E-state index contributed by atoms with van der Waals surface area (Å²) in [5.74, 6) is 5.06. The van der Waals surface area contributed by atoms with Gasteiger partial charge in [0, 0.05) is 18.7 Å². The molecule has 0 radical (unpaired) electrons. The van der Waals surface area contributed by atoms with Crippen LogP contribution < -0.4 is 11.3 Å². The SMILES string of the molecule is CCn1nc(C)cc1CC(NN)C(F)F. The largest absolute Gasteiger partial charge is 0.271 e. The van der Waals surface area contributed by atoms with Gasteiger partial charge in [0.05, 0.1) is 11.7 Å². The maximum atomic E-state index is 12.5. The van der Waals surface area contributed by atoms with Crippen LogP contribution in [0.4, 0.5) is 8.78 Å². The molecule has 3 N–H and O–H groups in total. The van der Waals surface area contributed by atoms with Gasteiger partial charge in [-0.25, -0.2) is 8.78 Å². The van der Waals surface area contributed by atoms with Crippen molar-refractivity contribution >= 4 is 0 Å². The Balaban J connectivity index is 2.77. The second kappa shape index (κ2) is 5.18. The zero-order chi connectivity index (χ0) is 11.4. The van der Waals surface area contributed by atoms with Crippen molar-refractivity contribution in [3.8, 4) is 0 Å². The zero-order valence-electron chi connectivity index (χ0n) is 8.87. The fraction of sp³-hybridized carbons (Fsp3) is 0.667. The smallest absolute Gasteiger partial charge is 0.255 e. The van der Waals surface area contributed by atoms with E-state index in [1.807, 2.05) is 13.8 Å². The number of alkyl halides is 2. The minimum Gasteiger partial charge on any atom is -0.271 e. The lowest BCUT2D eigenvalue weighted by molar-refractivity contribution is 0.0974. The number of hydrogen-bond donors (Lipinski definition) is 2. The molecular weight excluding hydrogens is 202 g/mol. The summed E-state index contributed by atoms with van der Waals surface area (Å²) in [7, 11) is 0. The second-order valence-corrected chi connectivity index (χ2v) is 3.40. The van der Waals surface area contributed by atoms with Crippen molar-refractivity contribution in [1.82, 2.24) is 15.2 Å². The molecule has 15 heavy (non-hydrogen) atoms. The fourth-order valence-electron chi connectivity index (χ4n) is 1.48. The molecule has 0 saturated heterocycles. The van der Waals surface area contributed by atoms with Crippen LogP contribution >= 0.6 is 0 Å². The van der Waals surface area contributed by atoms with Crippen LogP contribution in [0.1, 0.15) is 18.3 Å². The van der Waals surface area contributed by atoms with Crippen molar-refractivity contribution in [3.63, 3.8) is 0 Å². The summed E-state index contributed by atoms with van der Waals surface area (Å²) < 4.78 is 26.6. The highest BCUT2D eigenvalue weighted by Crippen LogP contribution is 2.10. The lowest BCUT2D eigenvalue weighted by Gasteiger charge is -2.14. The molecule has 4 nitrogen and oxygen atoms in total. The molecule has 6 heteroatoms. The number of nitrogens with zero attached hydrogens (tertiary/aromatic N) is 2. The molecule has 1 rings (SSSR count). The molecule has 0 aliphatic carbocycles. The average Bonchev–Trinajstić information content (AvgIpc) is 2.54. The Labute approximate surface area is 87.4 Å². The number of hydrazine groups is 1. The monoisotopic (exact) mass is 218 g/mol. The van der Waals surface area contributed by atoms with Crippen molar-refractivity contribution < 1.29 is 8.78 Å². The summed E-state index contributed by atoms with van der Waals surface area (Å²) in [6.45, 7) is 4.43. The maximum absolute atomic E-state index is 12.5. The Morgan fingerprint density at radius 2 is 2.27 bits per heavy atom. The number of aryl methyl sites for hydroxylation is 2. The zero-order valence-corrected chi connectivity index (χ0v) is 8.87. The molecule has 1 aromatic heterocycles. The van der Waals surface area contributed by atoms with Crippen LogP contribution in [0, 0.1) is 6.92 Å². The van der Waals surface area contributed by atoms with Gasteiger partial charge in [0.1, 0.15) is 0 Å². The summed E-state index contributed by atoms with van der Waals surface area (Å²) in [4.78, 5) is 0. The van der Waals surface area contributed by atoms with Crippen LogP contribution in [-0.4, -0.2) is 22.2 Å². The fourth-order valence-corrected chi connectivity index (χ4v) is 1.48. The van der Waals surface area contributed by atoms with Crippen molar-refractivity contribution in [3.05, 3.63) is 17.5 Å². The summed E-state index contributed by atoms with van der Waals surface area (Å²) in [6.07, 6.45) is -2.29. The van der Waals surface area contributed by atoms with Crippen LogP contribution in [0.2, 0.25) is 0 Å². The van der Waals surface area contributed by atoms with E-state index in [-0.39, 0.29) is 6.42 Å². The first kappa shape index (κ1) is 12.1. The third-order valence-corrected chi connectivity index (χ3v) is 2.23. The molecular formula is C9H16F2N4. The molecule has 1 unspecified atom stereocenters. The van der Waals surface area contributed by atoms with Crippen molar-refractivity contribution in [2.75, 3.05) is 0 Å². The van der Waals surface area contributed by atoms with E-state index >= 15 is 0 Å². The molecule has 0 aliphatic rings. The van der Waals surface area contributed by atoms with Gasteiger partial charge in [0.25, 0.3) is 6.43 Å². The summed E-state index contributed by atoms with van der Waals surface area (Å²) in [6, 6.07) is 0.780. The van der Waals surface area contributed by atoms with E-state index in [0.717, 1.165) is 11.4 Å². The Morgan fingerprint density at radius 1 is 1.60 bits per heavy atom. The summed E-state index contributed by atoms with van der Waals surface area (Å²) in [5, 5.41) is 4.18. The maximum Gasteiger partial charge on any atom is 0.255 e. The van der Waals surface area contributed by atoms with E-state index < -0.39 is 12.5 Å². The minimum absolute atomic E-state index is 0.183. The number of nitrogens with two attached hydrogens (primary N) is 1. The van der Waals surface area contributed by atoms with Crippen LogP contribution in [0.25, 0.3) is 0 Å². The molecule has 0 bridgehead atoms. The lowest BCUT2D eigenvalue weighted by Crippen LogP contribution is -2.42. The van der Waals surface area contributed by atoms with Gasteiger partial charge in [-0.2, -0.15) is 5.10 Å². The van der Waals surface area contributed by atoms with E-state index in [9.17, 15) is 8.78 Å². The molecule has 1 heterocycles. The van der Waals surface area contributed by atoms with E-state index in [1.165, 1.54) is 0 Å². The van der Waals surface area contributed by atoms with Crippen molar-refractivity contribution in [2.24, 2.45) is 5.84 Å². The molecule has 1 atom stereocenters. The molecule has 86 valence electrons. The van der Waals surface area contributed by atoms with Crippen LogP contribution in [0.3, 0.4) is 0 Å². The normalized spacial score (nSPS) is 13.5. The molecule has 1 aromatic rings. The number of hydrogen-bond acceptors (Lipinski definition) is 3. The van der Waals surface area contributed by atoms with Gasteiger partial charge in [-0.05, 0) is 19.9 Å². The van der Waals surface area contributed by atoms with Gasteiger partial charge < -0.3 is 0 Å². The third-order valence-electron chi connectivity index (χ3n) is 2.23. The van der Waals surface area contributed by atoms with Gasteiger partial charge in [0.2, 0.25) is 0 Å². The predicted molar refractivity (Wildman–Crippen MR) is 53.5 cm³/mol. The van der Waals surface area contributed by atoms with Crippen molar-refractivity contribution in [1.29, 1.82) is 0 Å². The van der Waals surface area contributed by atoms with Gasteiger partial charge in [0.15, 0.2) is 0 Å². The van der Waals surface area contributed by atoms with E-state index in [0.29, 0.717) is 6.54 Å². The molecule has 0 spiro atoms. The Bertz CT molecular complexity index is 311. The van der Waals surface area contributed by atoms with Gasteiger partial charge in [-0.15, -0.1) is 0 Å².